The van der Waals surface area contributed by atoms with Crippen molar-refractivity contribution in [3.63, 3.8) is 0 Å². The van der Waals surface area contributed by atoms with Crippen molar-refractivity contribution in [3.8, 4) is 5.75 Å². The van der Waals surface area contributed by atoms with Gasteiger partial charge in [-0.1, -0.05) is 29.5 Å². The summed E-state index contributed by atoms with van der Waals surface area (Å²) in [6.07, 6.45) is 0.716. The van der Waals surface area contributed by atoms with Gasteiger partial charge in [-0.05, 0) is 37.2 Å². The van der Waals surface area contributed by atoms with Gasteiger partial charge in [0.05, 0.1) is 16.9 Å². The first-order valence-corrected chi connectivity index (χ1v) is 12.3. The number of hydrogen-bond donors (Lipinski definition) is 3. The number of thioether (sulfide) groups is 1. The minimum Gasteiger partial charge on any atom is -0.508 e. The van der Waals surface area contributed by atoms with Crippen LogP contribution in [0.5, 0.6) is 5.75 Å². The molecule has 3 N–H and O–H groups in total. The highest BCUT2D eigenvalue weighted by atomic mass is 32.2. The van der Waals surface area contributed by atoms with Gasteiger partial charge in [-0.3, -0.25) is 19.3 Å². The third-order valence-electron chi connectivity index (χ3n) is 7.77. The average molecular weight is 473 g/mol. The van der Waals surface area contributed by atoms with Gasteiger partial charge in [0.15, 0.2) is 0 Å². The standard InChI is InChI=1S/C22H20N2O6S2/c1-7(21(28)29)24-19(26)14-9-6-10(15(14)20(24)27)16-13(9)12(8-4-2-3-5-11(8)25)17-18(31-16)23-22(30)32-17/h2-5,7,9-10,12-16,25H,6H2,1H3,(H,23,30)(H,28,29)/t7-,9-,10-,12+,13-,14+,15-,16-/m1/s1. The number of likely N-dealkylation sites (tertiary alicyclic amines) is 1. The van der Waals surface area contributed by atoms with E-state index in [4.69, 9.17) is 0 Å². The van der Waals surface area contributed by atoms with Crippen LogP contribution >= 0.6 is 23.1 Å². The minimum atomic E-state index is -1.20. The van der Waals surface area contributed by atoms with Gasteiger partial charge in [0, 0.05) is 21.6 Å². The number of H-pyrrole nitrogens is 1. The van der Waals surface area contributed by atoms with E-state index in [1.807, 2.05) is 12.1 Å². The lowest BCUT2D eigenvalue weighted by Crippen LogP contribution is -2.44. The molecule has 6 rings (SSSR count). The summed E-state index contributed by atoms with van der Waals surface area (Å²) >= 11 is 2.69. The lowest BCUT2D eigenvalue weighted by molar-refractivity contribution is -0.154. The topological polar surface area (TPSA) is 128 Å². The van der Waals surface area contributed by atoms with Crippen LogP contribution < -0.4 is 4.87 Å². The van der Waals surface area contributed by atoms with E-state index in [-0.39, 0.29) is 45.5 Å². The van der Waals surface area contributed by atoms with Gasteiger partial charge in [0.2, 0.25) is 11.8 Å². The lowest BCUT2D eigenvalue weighted by Gasteiger charge is -2.43. The predicted octanol–water partition coefficient (Wildman–Crippen LogP) is 2.09. The molecule has 3 heterocycles. The van der Waals surface area contributed by atoms with E-state index in [1.165, 1.54) is 6.92 Å². The number of amides is 2. The van der Waals surface area contributed by atoms with E-state index in [2.05, 4.69) is 4.98 Å². The molecular formula is C22H20N2O6S2. The fraction of sp³-hybridized carbons (Fsp3) is 0.455. The Hall–Kier alpha value is -2.59. The number of carboxylic acids is 1. The van der Waals surface area contributed by atoms with Crippen LogP contribution in [0.15, 0.2) is 34.1 Å². The molecule has 1 saturated heterocycles. The molecule has 8 atom stereocenters. The third-order valence-corrected chi connectivity index (χ3v) is 10.4. The Bertz CT molecular complexity index is 1240. The van der Waals surface area contributed by atoms with Gasteiger partial charge in [-0.15, -0.1) is 11.8 Å². The van der Waals surface area contributed by atoms with E-state index in [0.29, 0.717) is 6.42 Å². The number of rotatable bonds is 3. The zero-order valence-electron chi connectivity index (χ0n) is 16.9. The maximum Gasteiger partial charge on any atom is 0.326 e. The van der Waals surface area contributed by atoms with E-state index in [9.17, 15) is 29.4 Å². The molecule has 2 saturated carbocycles. The SMILES string of the molecule is C[C@H](C(=O)O)N1C(=O)[C@@H]2[C@H]3C[C@@H]([C@@H]2C1=O)[C@@H]1[C@H](c2ccccc2O)c2sc(=O)[nH]c2S[C@H]31. The Morgan fingerprint density at radius 1 is 1.16 bits per heavy atom. The van der Waals surface area contributed by atoms with Crippen LogP contribution in [-0.2, 0) is 14.4 Å². The summed E-state index contributed by atoms with van der Waals surface area (Å²) in [4.78, 5) is 54.8. The van der Waals surface area contributed by atoms with Crippen LogP contribution in [0.25, 0.3) is 0 Å². The summed E-state index contributed by atoms with van der Waals surface area (Å²) < 4.78 is 0. The van der Waals surface area contributed by atoms with Crippen molar-refractivity contribution >= 4 is 40.9 Å². The van der Waals surface area contributed by atoms with Gasteiger partial charge in [0.25, 0.3) is 0 Å². The molecule has 0 radical (unpaired) electrons. The van der Waals surface area contributed by atoms with Crippen LogP contribution in [0.3, 0.4) is 0 Å². The molecule has 2 aliphatic heterocycles. The van der Waals surface area contributed by atoms with Crippen molar-refractivity contribution in [2.45, 2.75) is 35.6 Å². The van der Waals surface area contributed by atoms with Gasteiger partial charge >= 0.3 is 10.8 Å². The van der Waals surface area contributed by atoms with Gasteiger partial charge in [0.1, 0.15) is 11.8 Å². The molecule has 3 fully saturated rings. The number of carbonyl (C=O) groups excluding carboxylic acids is 2. The number of nitrogens with zero attached hydrogens (tertiary/aromatic N) is 1. The number of aromatic amines is 1. The number of benzene rings is 1. The Balaban J connectivity index is 1.47. The smallest absolute Gasteiger partial charge is 0.326 e. The molecule has 1 aromatic carbocycles. The number of imide groups is 1. The van der Waals surface area contributed by atoms with Gasteiger partial charge in [-0.2, -0.15) is 0 Å². The Morgan fingerprint density at radius 3 is 2.53 bits per heavy atom. The van der Waals surface area contributed by atoms with Crippen LogP contribution in [0.2, 0.25) is 0 Å². The normalized spacial score (nSPS) is 35.5. The van der Waals surface area contributed by atoms with Crippen LogP contribution in [0, 0.1) is 29.6 Å². The zero-order valence-corrected chi connectivity index (χ0v) is 18.6. The van der Waals surface area contributed by atoms with Crippen molar-refractivity contribution in [3.05, 3.63) is 44.4 Å². The van der Waals surface area contributed by atoms with E-state index < -0.39 is 29.8 Å². The number of carbonyl (C=O) groups is 3. The maximum atomic E-state index is 13.3. The van der Waals surface area contributed by atoms with Crippen LogP contribution in [0.4, 0.5) is 0 Å². The number of aromatic hydroxyl groups is 1. The van der Waals surface area contributed by atoms with E-state index in [0.717, 1.165) is 31.7 Å². The number of phenols is 1. The summed E-state index contributed by atoms with van der Waals surface area (Å²) in [5, 5.41) is 20.9. The predicted molar refractivity (Wildman–Crippen MR) is 116 cm³/mol. The highest BCUT2D eigenvalue weighted by Crippen LogP contribution is 2.69. The Labute approximate surface area is 190 Å². The number of fused-ring (bicyclic) bond motifs is 9. The third kappa shape index (κ3) is 2.45. The van der Waals surface area contributed by atoms with Crippen molar-refractivity contribution in [2.75, 3.05) is 0 Å². The molecule has 2 aromatic rings. The lowest BCUT2D eigenvalue weighted by atomic mass is 9.68. The molecule has 1 aromatic heterocycles. The number of aliphatic carboxylic acids is 1. The molecule has 32 heavy (non-hydrogen) atoms. The summed E-state index contributed by atoms with van der Waals surface area (Å²) in [5.41, 5.74) is 0.718. The minimum absolute atomic E-state index is 0.000408. The van der Waals surface area contributed by atoms with E-state index in [1.54, 1.807) is 23.9 Å². The maximum absolute atomic E-state index is 13.3. The summed E-state index contributed by atoms with van der Waals surface area (Å²) in [6.45, 7) is 1.37. The molecule has 8 nitrogen and oxygen atoms in total. The molecule has 2 aliphatic carbocycles. The van der Waals surface area contributed by atoms with Gasteiger partial charge in [-0.25, -0.2) is 4.79 Å². The van der Waals surface area contributed by atoms with Crippen molar-refractivity contribution < 1.29 is 24.6 Å². The second kappa shape index (κ2) is 6.71. The number of phenolic OH excluding ortho intramolecular Hbond substituents is 1. The highest BCUT2D eigenvalue weighted by Gasteiger charge is 2.70. The molecule has 4 aliphatic rings. The highest BCUT2D eigenvalue weighted by molar-refractivity contribution is 8.00. The number of para-hydroxylation sites is 1. The molecule has 10 heteroatoms. The number of hydrogen-bond acceptors (Lipinski definition) is 7. The second-order valence-corrected chi connectivity index (χ2v) is 11.3. The van der Waals surface area contributed by atoms with Gasteiger partial charge < -0.3 is 15.2 Å². The molecule has 2 amide bonds. The molecular weight excluding hydrogens is 452 g/mol. The molecule has 2 bridgehead atoms. The number of thiazole rings is 1. The summed E-state index contributed by atoms with van der Waals surface area (Å²) in [7, 11) is 0. The molecule has 0 unspecified atom stereocenters. The summed E-state index contributed by atoms with van der Waals surface area (Å²) in [6, 6.07) is 5.87. The van der Waals surface area contributed by atoms with Crippen LogP contribution in [0.1, 0.15) is 29.7 Å². The Morgan fingerprint density at radius 2 is 1.84 bits per heavy atom. The average Bonchev–Trinajstić information content (AvgIpc) is 3.47. The van der Waals surface area contributed by atoms with Crippen molar-refractivity contribution in [1.29, 1.82) is 0 Å². The number of aromatic nitrogens is 1. The van der Waals surface area contributed by atoms with Crippen molar-refractivity contribution in [2.24, 2.45) is 29.6 Å². The summed E-state index contributed by atoms with van der Waals surface area (Å²) in [5.74, 6) is -3.36. The number of nitrogens with one attached hydrogen (secondary N) is 1. The molecule has 0 spiro atoms. The number of carboxylic acid groups (broad SMARTS) is 1. The largest absolute Gasteiger partial charge is 0.508 e. The Kier molecular flexibility index (Phi) is 4.20. The fourth-order valence-electron chi connectivity index (χ4n) is 6.63. The molecule has 166 valence electrons. The first-order chi connectivity index (χ1) is 15.3. The van der Waals surface area contributed by atoms with E-state index >= 15 is 0 Å². The van der Waals surface area contributed by atoms with Crippen LogP contribution in [-0.4, -0.2) is 49.2 Å². The monoisotopic (exact) mass is 472 g/mol. The second-order valence-electron chi connectivity index (χ2n) is 9.08. The quantitative estimate of drug-likeness (QED) is 0.584. The fourth-order valence-corrected chi connectivity index (χ4v) is 9.51. The first-order valence-electron chi connectivity index (χ1n) is 10.6. The first kappa shape index (κ1) is 20.0. The van der Waals surface area contributed by atoms with Crippen molar-refractivity contribution in [1.82, 2.24) is 9.88 Å². The zero-order chi connectivity index (χ0) is 22.5.